The quantitative estimate of drug-likeness (QED) is 0.624. The molecule has 0 radical (unpaired) electrons. The van der Waals surface area contributed by atoms with E-state index in [2.05, 4.69) is 21.8 Å². The van der Waals surface area contributed by atoms with Gasteiger partial charge in [-0.15, -0.1) is 0 Å². The standard InChI is InChI=1S/C13H18ClN3O/c1-2-10-6-4-3-5-7-17(10)13-11(8-18)12(14)15-9-16-13/h8-10H,2-7H2,1H3. The average Bonchev–Trinajstić information content (AvgIpc) is 2.63. The summed E-state index contributed by atoms with van der Waals surface area (Å²) in [5.74, 6) is 0.693. The van der Waals surface area contributed by atoms with Gasteiger partial charge >= 0.3 is 0 Å². The summed E-state index contributed by atoms with van der Waals surface area (Å²) in [6.45, 7) is 3.11. The normalized spacial score (nSPS) is 20.6. The van der Waals surface area contributed by atoms with Gasteiger partial charge in [0.05, 0.1) is 5.56 Å². The molecule has 4 nitrogen and oxygen atoms in total. The maximum atomic E-state index is 11.2. The zero-order valence-corrected chi connectivity index (χ0v) is 11.4. The fourth-order valence-corrected chi connectivity index (χ4v) is 2.75. The van der Waals surface area contributed by atoms with Crippen molar-refractivity contribution in [2.75, 3.05) is 11.4 Å². The molecule has 5 heteroatoms. The molecule has 2 rings (SSSR count). The predicted molar refractivity (Wildman–Crippen MR) is 72.3 cm³/mol. The summed E-state index contributed by atoms with van der Waals surface area (Å²) in [6, 6.07) is 0.442. The van der Waals surface area contributed by atoms with Crippen molar-refractivity contribution in [3.63, 3.8) is 0 Å². The van der Waals surface area contributed by atoms with E-state index in [4.69, 9.17) is 11.6 Å². The van der Waals surface area contributed by atoms with Crippen molar-refractivity contribution in [3.8, 4) is 0 Å². The van der Waals surface area contributed by atoms with Gasteiger partial charge < -0.3 is 4.90 Å². The highest BCUT2D eigenvalue weighted by Gasteiger charge is 2.24. The number of carbonyl (C=O) groups is 1. The Balaban J connectivity index is 2.38. The molecule has 0 amide bonds. The predicted octanol–water partition coefficient (Wildman–Crippen LogP) is 3.10. The second kappa shape index (κ2) is 6.14. The van der Waals surface area contributed by atoms with E-state index in [1.54, 1.807) is 0 Å². The van der Waals surface area contributed by atoms with Crippen LogP contribution in [0, 0.1) is 0 Å². The summed E-state index contributed by atoms with van der Waals surface area (Å²) in [5, 5.41) is 0.245. The Morgan fingerprint density at radius 3 is 3.00 bits per heavy atom. The lowest BCUT2D eigenvalue weighted by molar-refractivity contribution is 0.112. The smallest absolute Gasteiger partial charge is 0.156 e. The summed E-state index contributed by atoms with van der Waals surface area (Å²) >= 11 is 5.97. The van der Waals surface area contributed by atoms with Crippen LogP contribution in [-0.4, -0.2) is 28.8 Å². The Bertz CT molecular complexity index is 425. The van der Waals surface area contributed by atoms with Crippen LogP contribution in [0.2, 0.25) is 5.15 Å². The molecule has 1 fully saturated rings. The van der Waals surface area contributed by atoms with Gasteiger partial charge in [0.1, 0.15) is 17.3 Å². The number of carbonyl (C=O) groups excluding carboxylic acids is 1. The molecule has 2 heterocycles. The highest BCUT2D eigenvalue weighted by Crippen LogP contribution is 2.28. The van der Waals surface area contributed by atoms with E-state index < -0.39 is 0 Å². The number of aldehydes is 1. The largest absolute Gasteiger partial charge is 0.353 e. The lowest BCUT2D eigenvalue weighted by Gasteiger charge is -2.31. The van der Waals surface area contributed by atoms with Crippen LogP contribution in [0.3, 0.4) is 0 Å². The summed E-state index contributed by atoms with van der Waals surface area (Å²) in [4.78, 5) is 21.6. The Morgan fingerprint density at radius 1 is 1.44 bits per heavy atom. The van der Waals surface area contributed by atoms with E-state index in [0.717, 1.165) is 32.1 Å². The maximum absolute atomic E-state index is 11.2. The van der Waals surface area contributed by atoms with Gasteiger partial charge in [0, 0.05) is 12.6 Å². The molecule has 0 N–H and O–H groups in total. The first kappa shape index (κ1) is 13.3. The minimum atomic E-state index is 0.245. The van der Waals surface area contributed by atoms with Crippen LogP contribution >= 0.6 is 11.6 Å². The first-order valence-corrected chi connectivity index (χ1v) is 6.88. The molecule has 1 atom stereocenters. The monoisotopic (exact) mass is 267 g/mol. The number of halogens is 1. The molecule has 98 valence electrons. The lowest BCUT2D eigenvalue weighted by Crippen LogP contribution is -2.36. The van der Waals surface area contributed by atoms with Crippen molar-refractivity contribution >= 4 is 23.7 Å². The molecule has 1 unspecified atom stereocenters. The van der Waals surface area contributed by atoms with Crippen molar-refractivity contribution < 1.29 is 4.79 Å². The van der Waals surface area contributed by atoms with Crippen LogP contribution in [0.25, 0.3) is 0 Å². The van der Waals surface area contributed by atoms with E-state index in [0.29, 0.717) is 17.4 Å². The third-order valence-corrected chi connectivity index (χ3v) is 3.85. The van der Waals surface area contributed by atoms with Crippen LogP contribution in [0.4, 0.5) is 5.82 Å². The van der Waals surface area contributed by atoms with Gasteiger partial charge in [0.2, 0.25) is 0 Å². The van der Waals surface area contributed by atoms with E-state index in [9.17, 15) is 4.79 Å². The molecule has 18 heavy (non-hydrogen) atoms. The highest BCUT2D eigenvalue weighted by molar-refractivity contribution is 6.32. The lowest BCUT2D eigenvalue weighted by atomic mass is 10.1. The Kier molecular flexibility index (Phi) is 4.53. The van der Waals surface area contributed by atoms with Crippen LogP contribution in [-0.2, 0) is 0 Å². The Morgan fingerprint density at radius 2 is 2.28 bits per heavy atom. The van der Waals surface area contributed by atoms with E-state index >= 15 is 0 Å². The highest BCUT2D eigenvalue weighted by atomic mass is 35.5. The molecule has 0 bridgehead atoms. The summed E-state index contributed by atoms with van der Waals surface area (Å²) in [6.07, 6.45) is 8.01. The summed E-state index contributed by atoms with van der Waals surface area (Å²) in [7, 11) is 0. The molecule has 0 saturated carbocycles. The topological polar surface area (TPSA) is 46.1 Å². The van der Waals surface area contributed by atoms with Crippen LogP contribution in [0.5, 0.6) is 0 Å². The molecule has 1 aromatic rings. The van der Waals surface area contributed by atoms with Crippen molar-refractivity contribution in [2.45, 2.75) is 45.1 Å². The molecule has 0 aliphatic carbocycles. The van der Waals surface area contributed by atoms with E-state index in [1.807, 2.05) is 0 Å². The summed E-state index contributed by atoms with van der Waals surface area (Å²) < 4.78 is 0. The Labute approximate surface area is 112 Å². The number of anilines is 1. The number of rotatable bonds is 3. The zero-order valence-electron chi connectivity index (χ0n) is 10.6. The number of hydrogen-bond donors (Lipinski definition) is 0. The molecule has 0 spiro atoms. The van der Waals surface area contributed by atoms with Gasteiger partial charge in [-0.05, 0) is 19.3 Å². The molecule has 0 aromatic carbocycles. The van der Waals surface area contributed by atoms with Gasteiger partial charge in [0.25, 0.3) is 0 Å². The van der Waals surface area contributed by atoms with Crippen molar-refractivity contribution in [1.29, 1.82) is 0 Å². The van der Waals surface area contributed by atoms with Gasteiger partial charge in [0.15, 0.2) is 6.29 Å². The molecule has 1 aliphatic heterocycles. The second-order valence-electron chi connectivity index (χ2n) is 4.62. The van der Waals surface area contributed by atoms with Crippen LogP contribution in [0.1, 0.15) is 49.4 Å². The number of aromatic nitrogens is 2. The van der Waals surface area contributed by atoms with Crippen LogP contribution in [0.15, 0.2) is 6.33 Å². The maximum Gasteiger partial charge on any atom is 0.156 e. The molecule has 1 saturated heterocycles. The van der Waals surface area contributed by atoms with E-state index in [-0.39, 0.29) is 5.15 Å². The van der Waals surface area contributed by atoms with Gasteiger partial charge in [-0.1, -0.05) is 31.4 Å². The second-order valence-corrected chi connectivity index (χ2v) is 4.98. The third kappa shape index (κ3) is 2.64. The van der Waals surface area contributed by atoms with Crippen molar-refractivity contribution in [3.05, 3.63) is 17.0 Å². The fraction of sp³-hybridized carbons (Fsp3) is 0.615. The Hall–Kier alpha value is -1.16. The minimum absolute atomic E-state index is 0.245. The average molecular weight is 268 g/mol. The molecule has 1 aromatic heterocycles. The molecular formula is C13H18ClN3O. The first-order valence-electron chi connectivity index (χ1n) is 6.50. The zero-order chi connectivity index (χ0) is 13.0. The number of hydrogen-bond acceptors (Lipinski definition) is 4. The van der Waals surface area contributed by atoms with Crippen molar-refractivity contribution in [1.82, 2.24) is 9.97 Å². The minimum Gasteiger partial charge on any atom is -0.353 e. The molecule has 1 aliphatic rings. The van der Waals surface area contributed by atoms with Gasteiger partial charge in [-0.2, -0.15) is 0 Å². The number of nitrogens with zero attached hydrogens (tertiary/aromatic N) is 3. The summed E-state index contributed by atoms with van der Waals surface area (Å²) in [5.41, 5.74) is 0.416. The molecular weight excluding hydrogens is 250 g/mol. The van der Waals surface area contributed by atoms with Gasteiger partial charge in [-0.3, -0.25) is 4.79 Å². The SMILES string of the molecule is CCC1CCCCCN1c1ncnc(Cl)c1C=O. The van der Waals surface area contributed by atoms with Crippen LogP contribution < -0.4 is 4.90 Å². The van der Waals surface area contributed by atoms with Gasteiger partial charge in [-0.25, -0.2) is 9.97 Å². The first-order chi connectivity index (χ1) is 8.77. The fourth-order valence-electron chi connectivity index (χ4n) is 2.58. The van der Waals surface area contributed by atoms with E-state index in [1.165, 1.54) is 19.2 Å². The van der Waals surface area contributed by atoms with Crippen molar-refractivity contribution in [2.24, 2.45) is 0 Å². The third-order valence-electron chi connectivity index (χ3n) is 3.55.